The van der Waals surface area contributed by atoms with Crippen molar-refractivity contribution in [1.82, 2.24) is 9.78 Å². The van der Waals surface area contributed by atoms with Gasteiger partial charge in [0.05, 0.1) is 23.3 Å². The average molecular weight is 379 g/mol. The lowest BCUT2D eigenvalue weighted by molar-refractivity contribution is -0.117. The largest absolute Gasteiger partial charge is 0.462 e. The molecule has 0 aliphatic heterocycles. The number of carbonyl (C=O) groups excluding carboxylic acids is 2. The molecule has 0 unspecified atom stereocenters. The maximum absolute atomic E-state index is 12.5. The molecule has 7 heteroatoms. The van der Waals surface area contributed by atoms with E-state index in [-0.39, 0.29) is 18.0 Å². The van der Waals surface area contributed by atoms with Crippen molar-refractivity contribution in [2.45, 2.75) is 26.8 Å². The van der Waals surface area contributed by atoms with Crippen LogP contribution in [0.15, 0.2) is 53.3 Å². The summed E-state index contributed by atoms with van der Waals surface area (Å²) in [6, 6.07) is 13.6. The summed E-state index contributed by atoms with van der Waals surface area (Å²) in [4.78, 5) is 36.7. The summed E-state index contributed by atoms with van der Waals surface area (Å²) in [5, 5.41) is 8.23. The predicted molar refractivity (Wildman–Crippen MR) is 106 cm³/mol. The van der Waals surface area contributed by atoms with Crippen molar-refractivity contribution in [3.63, 3.8) is 0 Å². The highest BCUT2D eigenvalue weighted by atomic mass is 16.5. The van der Waals surface area contributed by atoms with Crippen molar-refractivity contribution < 1.29 is 14.3 Å². The minimum atomic E-state index is -0.401. The van der Waals surface area contributed by atoms with Gasteiger partial charge in [0.1, 0.15) is 6.54 Å². The molecule has 144 valence electrons. The number of benzene rings is 2. The van der Waals surface area contributed by atoms with E-state index in [2.05, 4.69) is 10.4 Å². The number of aryl methyl sites for hydroxylation is 1. The van der Waals surface area contributed by atoms with Crippen LogP contribution in [0.4, 0.5) is 5.69 Å². The number of fused-ring (bicyclic) bond motifs is 1. The van der Waals surface area contributed by atoms with E-state index in [1.54, 1.807) is 43.3 Å². The fourth-order valence-corrected chi connectivity index (χ4v) is 2.82. The van der Waals surface area contributed by atoms with Crippen molar-refractivity contribution in [2.75, 3.05) is 11.9 Å². The van der Waals surface area contributed by atoms with Crippen molar-refractivity contribution in [1.29, 1.82) is 0 Å². The van der Waals surface area contributed by atoms with E-state index in [0.717, 1.165) is 16.5 Å². The molecular formula is C21H21N3O4. The first kappa shape index (κ1) is 19.3. The highest BCUT2D eigenvalue weighted by Gasteiger charge is 2.12. The Balaban J connectivity index is 1.71. The van der Waals surface area contributed by atoms with Gasteiger partial charge < -0.3 is 10.1 Å². The molecule has 0 spiro atoms. The first-order chi connectivity index (χ1) is 13.5. The summed E-state index contributed by atoms with van der Waals surface area (Å²) in [5.74, 6) is -0.785. The summed E-state index contributed by atoms with van der Waals surface area (Å²) in [6.07, 6.45) is 0.752. The molecule has 1 amide bonds. The molecule has 3 aromatic rings. The molecular weight excluding hydrogens is 358 g/mol. The van der Waals surface area contributed by atoms with E-state index in [9.17, 15) is 14.4 Å². The Morgan fingerprint density at radius 3 is 2.43 bits per heavy atom. The van der Waals surface area contributed by atoms with E-state index in [1.165, 1.54) is 0 Å². The zero-order valence-electron chi connectivity index (χ0n) is 15.8. The summed E-state index contributed by atoms with van der Waals surface area (Å²) >= 11 is 0. The summed E-state index contributed by atoms with van der Waals surface area (Å²) in [5.41, 5.74) is 1.29. The second kappa shape index (κ2) is 8.47. The van der Waals surface area contributed by atoms with Crippen LogP contribution >= 0.6 is 0 Å². The molecule has 0 aliphatic rings. The van der Waals surface area contributed by atoms with E-state index in [0.29, 0.717) is 28.9 Å². The van der Waals surface area contributed by atoms with Crippen LogP contribution in [-0.2, 0) is 16.1 Å². The van der Waals surface area contributed by atoms with Crippen molar-refractivity contribution in [3.8, 4) is 0 Å². The predicted octanol–water partition coefficient (Wildman–Crippen LogP) is 2.91. The first-order valence-electron chi connectivity index (χ1n) is 9.03. The Morgan fingerprint density at radius 1 is 1.07 bits per heavy atom. The van der Waals surface area contributed by atoms with Crippen LogP contribution in [0.5, 0.6) is 0 Å². The molecule has 0 radical (unpaired) electrons. The minimum absolute atomic E-state index is 0.204. The van der Waals surface area contributed by atoms with Gasteiger partial charge in [-0.05, 0) is 43.7 Å². The number of amides is 1. The van der Waals surface area contributed by atoms with Gasteiger partial charge in [0, 0.05) is 11.1 Å². The molecule has 28 heavy (non-hydrogen) atoms. The summed E-state index contributed by atoms with van der Waals surface area (Å²) in [7, 11) is 0. The van der Waals surface area contributed by atoms with Crippen molar-refractivity contribution >= 4 is 28.3 Å². The van der Waals surface area contributed by atoms with Crippen LogP contribution < -0.4 is 10.9 Å². The van der Waals surface area contributed by atoms with Crippen LogP contribution in [0.25, 0.3) is 10.8 Å². The van der Waals surface area contributed by atoms with Gasteiger partial charge in [0.15, 0.2) is 0 Å². The molecule has 1 heterocycles. The number of rotatable bonds is 6. The Kier molecular flexibility index (Phi) is 5.84. The number of anilines is 1. The average Bonchev–Trinajstić information content (AvgIpc) is 2.70. The quantitative estimate of drug-likeness (QED) is 0.665. The number of ether oxygens (including phenoxy) is 1. The maximum Gasteiger partial charge on any atom is 0.338 e. The molecule has 0 fully saturated rings. The Hall–Kier alpha value is -3.48. The van der Waals surface area contributed by atoms with Gasteiger partial charge in [-0.25, -0.2) is 9.48 Å². The fourth-order valence-electron chi connectivity index (χ4n) is 2.82. The lowest BCUT2D eigenvalue weighted by atomic mass is 10.1. The monoisotopic (exact) mass is 379 g/mol. The zero-order valence-corrected chi connectivity index (χ0v) is 15.8. The third-order valence-corrected chi connectivity index (χ3v) is 4.19. The number of hydrogen-bond donors (Lipinski definition) is 1. The third kappa shape index (κ3) is 4.25. The highest BCUT2D eigenvalue weighted by molar-refractivity contribution is 5.93. The van der Waals surface area contributed by atoms with Crippen LogP contribution in [0.2, 0.25) is 0 Å². The smallest absolute Gasteiger partial charge is 0.338 e. The van der Waals surface area contributed by atoms with Crippen LogP contribution in [-0.4, -0.2) is 28.3 Å². The van der Waals surface area contributed by atoms with Gasteiger partial charge in [-0.2, -0.15) is 5.10 Å². The van der Waals surface area contributed by atoms with Gasteiger partial charge in [0.25, 0.3) is 5.56 Å². The van der Waals surface area contributed by atoms with E-state index >= 15 is 0 Å². The molecule has 1 aromatic heterocycles. The third-order valence-electron chi connectivity index (χ3n) is 4.19. The number of nitrogens with one attached hydrogen (secondary N) is 1. The Morgan fingerprint density at radius 2 is 1.75 bits per heavy atom. The fraction of sp³-hybridized carbons (Fsp3) is 0.238. The van der Waals surface area contributed by atoms with E-state index < -0.39 is 5.97 Å². The van der Waals surface area contributed by atoms with Gasteiger partial charge in [0.2, 0.25) is 5.91 Å². The van der Waals surface area contributed by atoms with Gasteiger partial charge in [-0.3, -0.25) is 9.59 Å². The van der Waals surface area contributed by atoms with Gasteiger partial charge in [-0.1, -0.05) is 25.1 Å². The number of carbonyl (C=O) groups is 2. The second-order valence-electron chi connectivity index (χ2n) is 6.36. The Labute approximate surface area is 161 Å². The molecule has 0 saturated carbocycles. The number of aromatic nitrogens is 2. The molecule has 3 rings (SSSR count). The summed E-state index contributed by atoms with van der Waals surface area (Å²) in [6.45, 7) is 3.88. The molecule has 2 aromatic carbocycles. The molecule has 0 bridgehead atoms. The number of nitrogens with zero attached hydrogens (tertiary/aromatic N) is 2. The van der Waals surface area contributed by atoms with Gasteiger partial charge >= 0.3 is 5.97 Å². The lowest BCUT2D eigenvalue weighted by Crippen LogP contribution is -2.30. The standard InChI is InChI=1S/C21H21N3O4/c1-3-12-28-21(27)15-8-10-16(11-9-15)22-19(25)13-24-20(26)18-7-5-4-6-17(18)14(2)23-24/h4-11H,3,12-13H2,1-2H3,(H,22,25). The van der Waals surface area contributed by atoms with Crippen LogP contribution in [0, 0.1) is 6.92 Å². The molecule has 0 atom stereocenters. The molecule has 1 N–H and O–H groups in total. The van der Waals surface area contributed by atoms with Gasteiger partial charge in [-0.15, -0.1) is 0 Å². The van der Waals surface area contributed by atoms with Crippen molar-refractivity contribution in [3.05, 3.63) is 70.1 Å². The Bertz CT molecular complexity index is 1070. The number of hydrogen-bond acceptors (Lipinski definition) is 5. The lowest BCUT2D eigenvalue weighted by Gasteiger charge is -2.10. The minimum Gasteiger partial charge on any atom is -0.462 e. The van der Waals surface area contributed by atoms with Crippen molar-refractivity contribution in [2.24, 2.45) is 0 Å². The molecule has 7 nitrogen and oxygen atoms in total. The van der Waals surface area contributed by atoms with Crippen LogP contribution in [0.1, 0.15) is 29.4 Å². The SMILES string of the molecule is CCCOC(=O)c1ccc(NC(=O)Cn2nc(C)c3ccccc3c2=O)cc1. The highest BCUT2D eigenvalue weighted by Crippen LogP contribution is 2.13. The topological polar surface area (TPSA) is 90.3 Å². The number of esters is 1. The normalized spacial score (nSPS) is 10.6. The summed E-state index contributed by atoms with van der Waals surface area (Å²) < 4.78 is 6.22. The zero-order chi connectivity index (χ0) is 20.1. The first-order valence-corrected chi connectivity index (χ1v) is 9.03. The maximum atomic E-state index is 12.5. The van der Waals surface area contributed by atoms with E-state index in [1.807, 2.05) is 19.1 Å². The van der Waals surface area contributed by atoms with Crippen LogP contribution in [0.3, 0.4) is 0 Å². The van der Waals surface area contributed by atoms with E-state index in [4.69, 9.17) is 4.74 Å². The second-order valence-corrected chi connectivity index (χ2v) is 6.36. The molecule has 0 aliphatic carbocycles. The molecule has 0 saturated heterocycles.